The first kappa shape index (κ1) is 14.3. The number of hydrogen-bond acceptors (Lipinski definition) is 2. The second kappa shape index (κ2) is 6.90. The maximum absolute atomic E-state index is 11.5. The lowest BCUT2D eigenvalue weighted by Crippen LogP contribution is -1.99. The van der Waals surface area contributed by atoms with Crippen LogP contribution in [0.5, 0.6) is 5.75 Å². The van der Waals surface area contributed by atoms with Crippen LogP contribution in [0.4, 0.5) is 0 Å². The van der Waals surface area contributed by atoms with Crippen molar-refractivity contribution in [1.29, 1.82) is 0 Å². The Bertz CT molecular complexity index is 570. The van der Waals surface area contributed by atoms with Gasteiger partial charge in [0.2, 0.25) is 0 Å². The van der Waals surface area contributed by atoms with Gasteiger partial charge < -0.3 is 4.74 Å². The van der Waals surface area contributed by atoms with E-state index in [0.717, 1.165) is 17.7 Å². The molecule has 0 bridgehead atoms. The molecule has 2 nitrogen and oxygen atoms in total. The Morgan fingerprint density at radius 2 is 1.75 bits per heavy atom. The van der Waals surface area contributed by atoms with E-state index in [1.54, 1.807) is 7.11 Å². The lowest BCUT2D eigenvalue weighted by atomic mass is 9.96. The number of hydrogen-bond donors (Lipinski definition) is 0. The highest BCUT2D eigenvalue weighted by molar-refractivity contribution is 5.79. The van der Waals surface area contributed by atoms with Gasteiger partial charge >= 0.3 is 0 Å². The minimum atomic E-state index is 0.314. The molecule has 0 unspecified atom stereocenters. The van der Waals surface area contributed by atoms with Crippen molar-refractivity contribution in [2.45, 2.75) is 26.2 Å². The average molecular weight is 268 g/mol. The molecular formula is C18H20O2. The molecule has 104 valence electrons. The number of carbonyl (C=O) groups is 1. The molecule has 2 aromatic rings. The van der Waals surface area contributed by atoms with Crippen molar-refractivity contribution in [3.63, 3.8) is 0 Å². The largest absolute Gasteiger partial charge is 0.497 e. The third-order valence-corrected chi connectivity index (χ3v) is 3.49. The van der Waals surface area contributed by atoms with Crippen LogP contribution in [-0.2, 0) is 11.2 Å². The predicted octanol–water partition coefficient (Wildman–Crippen LogP) is 4.27. The zero-order chi connectivity index (χ0) is 14.4. The van der Waals surface area contributed by atoms with Gasteiger partial charge in [0, 0.05) is 12.8 Å². The first-order chi connectivity index (χ1) is 9.74. The Kier molecular flexibility index (Phi) is 4.94. The average Bonchev–Trinajstić information content (AvgIpc) is 2.53. The fourth-order valence-electron chi connectivity index (χ4n) is 2.24. The molecule has 0 saturated heterocycles. The number of methoxy groups -OCH3 is 1. The van der Waals surface area contributed by atoms with Crippen LogP contribution >= 0.6 is 0 Å². The van der Waals surface area contributed by atoms with Gasteiger partial charge in [-0.2, -0.15) is 0 Å². The van der Waals surface area contributed by atoms with Gasteiger partial charge in [0.15, 0.2) is 0 Å². The van der Waals surface area contributed by atoms with Crippen LogP contribution < -0.4 is 4.74 Å². The van der Waals surface area contributed by atoms with Gasteiger partial charge in [-0.15, -0.1) is 0 Å². The molecule has 2 rings (SSSR count). The molecule has 0 aromatic heterocycles. The van der Waals surface area contributed by atoms with E-state index in [1.807, 2.05) is 31.2 Å². The van der Waals surface area contributed by atoms with E-state index in [2.05, 4.69) is 24.3 Å². The smallest absolute Gasteiger partial charge is 0.132 e. The molecule has 0 aliphatic carbocycles. The highest BCUT2D eigenvalue weighted by atomic mass is 16.5. The molecule has 0 radical (unpaired) electrons. The molecule has 0 saturated carbocycles. The summed E-state index contributed by atoms with van der Waals surface area (Å²) in [6.07, 6.45) is 2.03. The Labute approximate surface area is 120 Å². The monoisotopic (exact) mass is 268 g/mol. The second-order valence-corrected chi connectivity index (χ2v) is 4.78. The van der Waals surface area contributed by atoms with Gasteiger partial charge in [0.25, 0.3) is 0 Å². The zero-order valence-electron chi connectivity index (χ0n) is 12.1. The van der Waals surface area contributed by atoms with Crippen molar-refractivity contribution < 1.29 is 9.53 Å². The van der Waals surface area contributed by atoms with Gasteiger partial charge in [0.05, 0.1) is 7.11 Å². The van der Waals surface area contributed by atoms with Gasteiger partial charge in [-0.1, -0.05) is 43.3 Å². The van der Waals surface area contributed by atoms with E-state index < -0.39 is 0 Å². The summed E-state index contributed by atoms with van der Waals surface area (Å²) in [6, 6.07) is 16.3. The van der Waals surface area contributed by atoms with Crippen molar-refractivity contribution in [2.24, 2.45) is 0 Å². The first-order valence-electron chi connectivity index (χ1n) is 6.98. The van der Waals surface area contributed by atoms with Crippen molar-refractivity contribution >= 4 is 5.78 Å². The number of Topliss-reactive ketones (excluding diaryl/α,β-unsaturated/α-hetero) is 1. The third kappa shape index (κ3) is 3.47. The minimum Gasteiger partial charge on any atom is -0.497 e. The first-order valence-corrected chi connectivity index (χ1v) is 6.98. The SMILES string of the molecule is CCC(=O)CCc1ccccc1-c1ccc(OC)cc1. The summed E-state index contributed by atoms with van der Waals surface area (Å²) in [5, 5.41) is 0. The van der Waals surface area contributed by atoms with E-state index >= 15 is 0 Å². The molecule has 0 atom stereocenters. The topological polar surface area (TPSA) is 26.3 Å². The van der Waals surface area contributed by atoms with Crippen LogP contribution in [0.25, 0.3) is 11.1 Å². The van der Waals surface area contributed by atoms with Crippen LogP contribution in [0.1, 0.15) is 25.3 Å². The molecular weight excluding hydrogens is 248 g/mol. The highest BCUT2D eigenvalue weighted by Crippen LogP contribution is 2.26. The third-order valence-electron chi connectivity index (χ3n) is 3.49. The fraction of sp³-hybridized carbons (Fsp3) is 0.278. The Morgan fingerprint density at radius 1 is 1.05 bits per heavy atom. The molecule has 0 amide bonds. The molecule has 0 fully saturated rings. The van der Waals surface area contributed by atoms with Gasteiger partial charge in [-0.05, 0) is 35.2 Å². The summed E-state index contributed by atoms with van der Waals surface area (Å²) in [7, 11) is 1.67. The number of benzene rings is 2. The van der Waals surface area contributed by atoms with Gasteiger partial charge in [0.1, 0.15) is 11.5 Å². The molecule has 2 aromatic carbocycles. The van der Waals surface area contributed by atoms with Crippen molar-refractivity contribution in [1.82, 2.24) is 0 Å². The van der Waals surface area contributed by atoms with Crippen molar-refractivity contribution in [3.8, 4) is 16.9 Å². The quantitative estimate of drug-likeness (QED) is 0.782. The van der Waals surface area contributed by atoms with E-state index in [9.17, 15) is 4.79 Å². The lowest BCUT2D eigenvalue weighted by molar-refractivity contribution is -0.118. The maximum atomic E-state index is 11.5. The Balaban J connectivity index is 2.24. The maximum Gasteiger partial charge on any atom is 0.132 e. The summed E-state index contributed by atoms with van der Waals surface area (Å²) >= 11 is 0. The van der Waals surface area contributed by atoms with E-state index in [1.165, 1.54) is 11.1 Å². The molecule has 2 heteroatoms. The summed E-state index contributed by atoms with van der Waals surface area (Å²) < 4.78 is 5.18. The standard InChI is InChI=1S/C18H20O2/c1-3-16(19)11-8-14-6-4-5-7-18(14)15-9-12-17(20-2)13-10-15/h4-7,9-10,12-13H,3,8,11H2,1-2H3. The summed E-state index contributed by atoms with van der Waals surface area (Å²) in [4.78, 5) is 11.5. The van der Waals surface area contributed by atoms with E-state index in [-0.39, 0.29) is 0 Å². The van der Waals surface area contributed by atoms with Gasteiger partial charge in [-0.25, -0.2) is 0 Å². The second-order valence-electron chi connectivity index (χ2n) is 4.78. The van der Waals surface area contributed by atoms with Crippen LogP contribution in [0.15, 0.2) is 48.5 Å². The number of ketones is 1. The van der Waals surface area contributed by atoms with Crippen molar-refractivity contribution in [2.75, 3.05) is 7.11 Å². The van der Waals surface area contributed by atoms with Crippen molar-refractivity contribution in [3.05, 3.63) is 54.1 Å². The molecule has 0 spiro atoms. The number of ether oxygens (including phenoxy) is 1. The molecule has 0 heterocycles. The van der Waals surface area contributed by atoms with E-state index in [4.69, 9.17) is 4.74 Å². The van der Waals surface area contributed by atoms with Crippen LogP contribution in [0.3, 0.4) is 0 Å². The summed E-state index contributed by atoms with van der Waals surface area (Å²) in [5.74, 6) is 1.17. The zero-order valence-corrected chi connectivity index (χ0v) is 12.1. The molecule has 20 heavy (non-hydrogen) atoms. The molecule has 0 aliphatic heterocycles. The van der Waals surface area contributed by atoms with Gasteiger partial charge in [-0.3, -0.25) is 4.79 Å². The molecule has 0 aliphatic rings. The van der Waals surface area contributed by atoms with E-state index in [0.29, 0.717) is 18.6 Å². The summed E-state index contributed by atoms with van der Waals surface area (Å²) in [5.41, 5.74) is 3.57. The highest BCUT2D eigenvalue weighted by Gasteiger charge is 2.06. The Hall–Kier alpha value is -2.09. The Morgan fingerprint density at radius 3 is 2.40 bits per heavy atom. The summed E-state index contributed by atoms with van der Waals surface area (Å²) in [6.45, 7) is 1.91. The number of aryl methyl sites for hydroxylation is 1. The fourth-order valence-corrected chi connectivity index (χ4v) is 2.24. The normalized spacial score (nSPS) is 10.3. The van der Waals surface area contributed by atoms with Crippen LogP contribution in [-0.4, -0.2) is 12.9 Å². The predicted molar refractivity (Wildman–Crippen MR) is 82.0 cm³/mol. The number of carbonyl (C=O) groups excluding carboxylic acids is 1. The minimum absolute atomic E-state index is 0.314. The number of rotatable bonds is 6. The lowest BCUT2D eigenvalue weighted by Gasteiger charge is -2.10. The van der Waals surface area contributed by atoms with Crippen LogP contribution in [0.2, 0.25) is 0 Å². The molecule has 0 N–H and O–H groups in total. The van der Waals surface area contributed by atoms with Crippen LogP contribution in [0, 0.1) is 0 Å².